The van der Waals surface area contributed by atoms with Crippen LogP contribution in [-0.2, 0) is 24.4 Å². The number of piperidine rings is 1. The van der Waals surface area contributed by atoms with Crippen molar-refractivity contribution in [3.05, 3.63) is 63.3 Å². The Balaban J connectivity index is 1.19. The molecular formula is C27H28ClN5O5S2. The lowest BCUT2D eigenvalue weighted by atomic mass is 10.1. The van der Waals surface area contributed by atoms with Crippen molar-refractivity contribution in [3.63, 3.8) is 0 Å². The molecule has 2 aliphatic rings. The summed E-state index contributed by atoms with van der Waals surface area (Å²) in [5.74, 6) is -1.11. The van der Waals surface area contributed by atoms with E-state index in [2.05, 4.69) is 15.0 Å². The number of sulfonamides is 1. The Bertz CT molecular complexity index is 1570. The fraction of sp³-hybridized carbons (Fsp3) is 0.333. The van der Waals surface area contributed by atoms with E-state index in [1.165, 1.54) is 27.2 Å². The third-order valence-corrected chi connectivity index (χ3v) is 9.21. The van der Waals surface area contributed by atoms with Crippen LogP contribution in [0.2, 0.25) is 4.34 Å². The number of hydrogen-bond donors (Lipinski definition) is 2. The van der Waals surface area contributed by atoms with Crippen LogP contribution in [0, 0.1) is 0 Å². The lowest BCUT2D eigenvalue weighted by Gasteiger charge is -2.33. The van der Waals surface area contributed by atoms with E-state index in [1.807, 2.05) is 30.3 Å². The average molecular weight is 602 g/mol. The van der Waals surface area contributed by atoms with Gasteiger partial charge >= 0.3 is 0 Å². The van der Waals surface area contributed by atoms with E-state index in [4.69, 9.17) is 11.6 Å². The second-order valence-electron chi connectivity index (χ2n) is 9.71. The summed E-state index contributed by atoms with van der Waals surface area (Å²) >= 11 is 7.12. The van der Waals surface area contributed by atoms with Crippen molar-refractivity contribution in [3.8, 4) is 0 Å². The largest absolute Gasteiger partial charge is 0.332 e. The standard InChI is InChI=1S/C27H28ClN5O5S2/c28-24-10-9-20(39-24)11-14-40(37,38)31-22-7-3-12-32(27(22)36)17-25(34)33-13-4-8-23(33)26(35)30-19-15-18-5-1-2-6-21(18)29-16-19/h1-2,5-6,9-11,14-16,22-23,31H,3-4,7-8,12-13,17H2,(H,30,35)/t22-,23+/m0/s1. The highest BCUT2D eigenvalue weighted by atomic mass is 35.5. The molecule has 40 heavy (non-hydrogen) atoms. The van der Waals surface area contributed by atoms with Crippen LogP contribution >= 0.6 is 22.9 Å². The monoisotopic (exact) mass is 601 g/mol. The van der Waals surface area contributed by atoms with Crippen LogP contribution < -0.4 is 10.0 Å². The normalized spacial score (nSPS) is 20.0. The zero-order valence-electron chi connectivity index (χ0n) is 21.5. The van der Waals surface area contributed by atoms with Crippen molar-refractivity contribution in [2.24, 2.45) is 0 Å². The number of hydrogen-bond acceptors (Lipinski definition) is 7. The molecule has 0 bridgehead atoms. The second kappa shape index (κ2) is 12.0. The molecule has 5 rings (SSSR count). The number of aromatic nitrogens is 1. The smallest absolute Gasteiger partial charge is 0.247 e. The maximum atomic E-state index is 13.2. The van der Waals surface area contributed by atoms with Crippen LogP contribution in [0.4, 0.5) is 5.69 Å². The fourth-order valence-corrected chi connectivity index (χ4v) is 7.04. The number of likely N-dealkylation sites (tertiary alicyclic amines) is 2. The molecule has 0 unspecified atom stereocenters. The Morgan fingerprint density at radius 3 is 2.73 bits per heavy atom. The lowest BCUT2D eigenvalue weighted by molar-refractivity contribution is -0.144. The van der Waals surface area contributed by atoms with Crippen LogP contribution in [0.3, 0.4) is 0 Å². The van der Waals surface area contributed by atoms with E-state index in [9.17, 15) is 22.8 Å². The molecular weight excluding hydrogens is 574 g/mol. The van der Waals surface area contributed by atoms with Crippen LogP contribution in [0.5, 0.6) is 0 Å². The van der Waals surface area contributed by atoms with Crippen LogP contribution in [0.25, 0.3) is 17.0 Å². The number of pyridine rings is 1. The molecule has 0 saturated carbocycles. The molecule has 2 fully saturated rings. The van der Waals surface area contributed by atoms with Gasteiger partial charge in [-0.15, -0.1) is 11.3 Å². The summed E-state index contributed by atoms with van der Waals surface area (Å²) in [7, 11) is -3.90. The minimum absolute atomic E-state index is 0.220. The van der Waals surface area contributed by atoms with Crippen molar-refractivity contribution in [1.82, 2.24) is 19.5 Å². The van der Waals surface area contributed by atoms with Gasteiger partial charge in [0.1, 0.15) is 12.1 Å². The number of benzene rings is 1. The van der Waals surface area contributed by atoms with Crippen molar-refractivity contribution in [2.75, 3.05) is 25.0 Å². The van der Waals surface area contributed by atoms with Crippen LogP contribution in [0.1, 0.15) is 30.6 Å². The van der Waals surface area contributed by atoms with E-state index in [0.29, 0.717) is 53.7 Å². The molecule has 3 aromatic rings. The molecule has 1 aromatic carbocycles. The van der Waals surface area contributed by atoms with E-state index in [-0.39, 0.29) is 18.4 Å². The van der Waals surface area contributed by atoms with Gasteiger partial charge in [-0.25, -0.2) is 8.42 Å². The van der Waals surface area contributed by atoms with Gasteiger partial charge in [-0.2, -0.15) is 4.72 Å². The molecule has 4 heterocycles. The molecule has 2 N–H and O–H groups in total. The number of nitrogens with zero attached hydrogens (tertiary/aromatic N) is 3. The number of anilines is 1. The summed E-state index contributed by atoms with van der Waals surface area (Å²) in [4.78, 5) is 47.3. The minimum atomic E-state index is -3.90. The number of fused-ring (bicyclic) bond motifs is 1. The number of carbonyl (C=O) groups excluding carboxylic acids is 3. The van der Waals surface area contributed by atoms with Gasteiger partial charge in [-0.3, -0.25) is 19.4 Å². The third kappa shape index (κ3) is 6.69. The molecule has 2 atom stereocenters. The number of nitrogens with one attached hydrogen (secondary N) is 2. The third-order valence-electron chi connectivity index (χ3n) is 6.90. The van der Waals surface area contributed by atoms with Gasteiger partial charge < -0.3 is 15.1 Å². The summed E-state index contributed by atoms with van der Waals surface area (Å²) in [5.41, 5.74) is 1.36. The van der Waals surface area contributed by atoms with Gasteiger partial charge in [0.2, 0.25) is 27.7 Å². The quantitative estimate of drug-likeness (QED) is 0.407. The first-order valence-electron chi connectivity index (χ1n) is 12.9. The molecule has 3 amide bonds. The van der Waals surface area contributed by atoms with E-state index >= 15 is 0 Å². The average Bonchev–Trinajstić information content (AvgIpc) is 3.59. The first-order chi connectivity index (χ1) is 19.2. The van der Waals surface area contributed by atoms with Gasteiger partial charge in [-0.1, -0.05) is 29.8 Å². The maximum Gasteiger partial charge on any atom is 0.247 e. The Hall–Kier alpha value is -3.32. The highest BCUT2D eigenvalue weighted by Crippen LogP contribution is 2.24. The number of halogens is 1. The first-order valence-corrected chi connectivity index (χ1v) is 15.6. The maximum absolute atomic E-state index is 13.2. The summed E-state index contributed by atoms with van der Waals surface area (Å²) in [6.45, 7) is 0.518. The first kappa shape index (κ1) is 28.2. The molecule has 0 aliphatic carbocycles. The van der Waals surface area contributed by atoms with E-state index < -0.39 is 28.0 Å². The fourth-order valence-electron chi connectivity index (χ4n) is 4.98. The summed E-state index contributed by atoms with van der Waals surface area (Å²) in [5, 5.41) is 4.76. The Morgan fingerprint density at radius 2 is 1.93 bits per heavy atom. The highest BCUT2D eigenvalue weighted by molar-refractivity contribution is 7.92. The summed E-state index contributed by atoms with van der Waals surface area (Å²) in [6, 6.07) is 11.1. The van der Waals surface area contributed by atoms with Crippen molar-refractivity contribution in [1.29, 1.82) is 0 Å². The van der Waals surface area contributed by atoms with Crippen LogP contribution in [-0.4, -0.2) is 72.6 Å². The Kier molecular flexibility index (Phi) is 8.50. The SMILES string of the molecule is O=C(Nc1cnc2ccccc2c1)[C@H]1CCCN1C(=O)CN1CCC[C@H](NS(=O)(=O)C=Cc2ccc(Cl)s2)C1=O. The molecule has 13 heteroatoms. The van der Waals surface area contributed by atoms with E-state index in [1.54, 1.807) is 18.3 Å². The predicted octanol–water partition coefficient (Wildman–Crippen LogP) is 3.46. The number of carbonyl (C=O) groups is 3. The molecule has 210 valence electrons. The van der Waals surface area contributed by atoms with Crippen molar-refractivity contribution >= 4 is 73.3 Å². The van der Waals surface area contributed by atoms with Crippen molar-refractivity contribution in [2.45, 2.75) is 37.8 Å². The van der Waals surface area contributed by atoms with Gasteiger partial charge in [0, 0.05) is 28.8 Å². The van der Waals surface area contributed by atoms with Gasteiger partial charge in [0.05, 0.1) is 28.3 Å². The van der Waals surface area contributed by atoms with E-state index in [0.717, 1.165) is 16.3 Å². The van der Waals surface area contributed by atoms with Gasteiger partial charge in [-0.05, 0) is 56.0 Å². The Labute approximate surface area is 241 Å². The molecule has 0 radical (unpaired) electrons. The topological polar surface area (TPSA) is 129 Å². The molecule has 10 nitrogen and oxygen atoms in total. The number of para-hydroxylation sites is 1. The molecule has 2 saturated heterocycles. The number of amides is 3. The van der Waals surface area contributed by atoms with Gasteiger partial charge in [0.15, 0.2) is 0 Å². The highest BCUT2D eigenvalue weighted by Gasteiger charge is 2.37. The van der Waals surface area contributed by atoms with Gasteiger partial charge in [0.25, 0.3) is 0 Å². The number of rotatable bonds is 8. The molecule has 2 aliphatic heterocycles. The molecule has 2 aromatic heterocycles. The zero-order valence-corrected chi connectivity index (χ0v) is 23.8. The molecule has 0 spiro atoms. The van der Waals surface area contributed by atoms with Crippen molar-refractivity contribution < 1.29 is 22.8 Å². The van der Waals surface area contributed by atoms with Crippen LogP contribution in [0.15, 0.2) is 54.1 Å². The predicted molar refractivity (Wildman–Crippen MR) is 155 cm³/mol. The summed E-state index contributed by atoms with van der Waals surface area (Å²) < 4.78 is 28.1. The number of thiophene rings is 1. The minimum Gasteiger partial charge on any atom is -0.332 e. The second-order valence-corrected chi connectivity index (χ2v) is 13.1. The zero-order chi connectivity index (χ0) is 28.3. The lowest BCUT2D eigenvalue weighted by Crippen LogP contribution is -2.55. The summed E-state index contributed by atoms with van der Waals surface area (Å²) in [6.07, 6.45) is 5.04. The Morgan fingerprint density at radius 1 is 1.12 bits per heavy atom.